The lowest BCUT2D eigenvalue weighted by Gasteiger charge is -2.26. The monoisotopic (exact) mass is 321 g/mol. The summed E-state index contributed by atoms with van der Waals surface area (Å²) < 4.78 is 1.11. The number of anilines is 1. The van der Waals surface area contributed by atoms with Crippen LogP contribution in [0.2, 0.25) is 0 Å². The third-order valence-corrected chi connectivity index (χ3v) is 4.04. The molecule has 0 aliphatic rings. The van der Waals surface area contributed by atoms with Gasteiger partial charge in [0.2, 0.25) is 0 Å². The number of rotatable bonds is 5. The molecule has 19 heavy (non-hydrogen) atoms. The number of hydrogen-bond donors (Lipinski definition) is 1. The Hall–Kier alpha value is -1.13. The molecule has 1 aromatic carbocycles. The summed E-state index contributed by atoms with van der Waals surface area (Å²) in [6, 6.07) is 8.28. The fraction of sp³-hybridized carbons (Fsp3) is 0.400. The van der Waals surface area contributed by atoms with Gasteiger partial charge in [0, 0.05) is 34.5 Å². The zero-order valence-electron chi connectivity index (χ0n) is 11.4. The van der Waals surface area contributed by atoms with Crippen molar-refractivity contribution < 1.29 is 0 Å². The summed E-state index contributed by atoms with van der Waals surface area (Å²) in [6.07, 6.45) is 1.87. The maximum atomic E-state index is 5.74. The van der Waals surface area contributed by atoms with Crippen molar-refractivity contribution in [2.75, 3.05) is 24.5 Å². The Balaban J connectivity index is 2.45. The lowest BCUT2D eigenvalue weighted by Crippen LogP contribution is -2.32. The highest BCUT2D eigenvalue weighted by Gasteiger charge is 2.13. The van der Waals surface area contributed by atoms with Gasteiger partial charge >= 0.3 is 0 Å². The van der Waals surface area contributed by atoms with Crippen molar-refractivity contribution in [3.8, 4) is 0 Å². The Bertz CT molecular complexity index is 556. The highest BCUT2D eigenvalue weighted by Crippen LogP contribution is 2.29. The molecule has 0 aliphatic heterocycles. The highest BCUT2D eigenvalue weighted by atomic mass is 79.9. The molecule has 2 aromatic rings. The molecular formula is C15H20BrN3. The van der Waals surface area contributed by atoms with E-state index in [9.17, 15) is 0 Å². The topological polar surface area (TPSA) is 42.1 Å². The molecular weight excluding hydrogens is 302 g/mol. The molecule has 2 rings (SSSR count). The lowest BCUT2D eigenvalue weighted by atomic mass is 10.1. The molecule has 1 unspecified atom stereocenters. The Labute approximate surface area is 122 Å². The lowest BCUT2D eigenvalue weighted by molar-refractivity contribution is 0.574. The van der Waals surface area contributed by atoms with Crippen molar-refractivity contribution in [3.63, 3.8) is 0 Å². The molecule has 0 saturated carbocycles. The van der Waals surface area contributed by atoms with E-state index < -0.39 is 0 Å². The van der Waals surface area contributed by atoms with Gasteiger partial charge in [0.15, 0.2) is 0 Å². The molecule has 0 spiro atoms. The van der Waals surface area contributed by atoms with Crippen LogP contribution < -0.4 is 10.6 Å². The van der Waals surface area contributed by atoms with Gasteiger partial charge in [-0.1, -0.05) is 35.0 Å². The van der Waals surface area contributed by atoms with Gasteiger partial charge < -0.3 is 10.6 Å². The van der Waals surface area contributed by atoms with E-state index in [2.05, 4.69) is 57.9 Å². The van der Waals surface area contributed by atoms with Crippen LogP contribution in [0.25, 0.3) is 10.8 Å². The fourth-order valence-electron chi connectivity index (χ4n) is 2.22. The number of aromatic nitrogens is 1. The second-order valence-corrected chi connectivity index (χ2v) is 5.70. The predicted octanol–water partition coefficient (Wildman–Crippen LogP) is 3.42. The fourth-order valence-corrected chi connectivity index (χ4v) is 2.72. The zero-order chi connectivity index (χ0) is 13.8. The summed E-state index contributed by atoms with van der Waals surface area (Å²) >= 11 is 3.60. The Morgan fingerprint density at radius 3 is 2.79 bits per heavy atom. The first-order valence-electron chi connectivity index (χ1n) is 6.65. The van der Waals surface area contributed by atoms with E-state index in [0.29, 0.717) is 12.5 Å². The number of nitrogens with zero attached hydrogens (tertiary/aromatic N) is 2. The van der Waals surface area contributed by atoms with Crippen LogP contribution in [0.15, 0.2) is 34.9 Å². The van der Waals surface area contributed by atoms with Gasteiger partial charge in [-0.25, -0.2) is 4.98 Å². The van der Waals surface area contributed by atoms with E-state index in [-0.39, 0.29) is 0 Å². The maximum absolute atomic E-state index is 5.74. The second-order valence-electron chi connectivity index (χ2n) is 4.85. The minimum Gasteiger partial charge on any atom is -0.356 e. The highest BCUT2D eigenvalue weighted by molar-refractivity contribution is 9.10. The summed E-state index contributed by atoms with van der Waals surface area (Å²) in [6.45, 7) is 6.89. The van der Waals surface area contributed by atoms with Crippen molar-refractivity contribution >= 4 is 32.5 Å². The molecule has 0 saturated heterocycles. The van der Waals surface area contributed by atoms with Gasteiger partial charge in [0.1, 0.15) is 5.82 Å². The first-order chi connectivity index (χ1) is 9.17. The molecule has 2 N–H and O–H groups in total. The average molecular weight is 322 g/mol. The summed E-state index contributed by atoms with van der Waals surface area (Å²) in [5, 5.41) is 2.38. The second kappa shape index (κ2) is 6.35. The van der Waals surface area contributed by atoms with Crippen LogP contribution in [0.4, 0.5) is 5.82 Å². The number of halogens is 1. The van der Waals surface area contributed by atoms with E-state index >= 15 is 0 Å². The van der Waals surface area contributed by atoms with Crippen LogP contribution in [0.5, 0.6) is 0 Å². The van der Waals surface area contributed by atoms with E-state index in [4.69, 9.17) is 5.73 Å². The minimum absolute atomic E-state index is 0.462. The molecule has 0 radical (unpaired) electrons. The third-order valence-electron chi connectivity index (χ3n) is 3.35. The minimum atomic E-state index is 0.462. The molecule has 0 fully saturated rings. The standard InChI is InChI=1S/C15H20BrN3/c1-3-19(10-11(2)9-17)15-13-5-4-6-14(16)12(13)7-8-18-15/h4-8,11H,3,9-10,17H2,1-2H3. The zero-order valence-corrected chi connectivity index (χ0v) is 13.0. The van der Waals surface area contributed by atoms with Crippen molar-refractivity contribution in [1.29, 1.82) is 0 Å². The largest absolute Gasteiger partial charge is 0.356 e. The SMILES string of the molecule is CCN(CC(C)CN)c1nccc2c(Br)cccc12. The number of nitrogens with two attached hydrogens (primary N) is 1. The van der Waals surface area contributed by atoms with Crippen molar-refractivity contribution in [2.24, 2.45) is 11.7 Å². The van der Waals surface area contributed by atoms with E-state index in [1.54, 1.807) is 0 Å². The van der Waals surface area contributed by atoms with Gasteiger partial charge in [-0.05, 0) is 31.5 Å². The summed E-state index contributed by atoms with van der Waals surface area (Å²) in [5.74, 6) is 1.51. The van der Waals surface area contributed by atoms with Crippen LogP contribution in [0, 0.1) is 5.92 Å². The van der Waals surface area contributed by atoms with E-state index in [1.807, 2.05) is 12.3 Å². The van der Waals surface area contributed by atoms with E-state index in [1.165, 1.54) is 10.8 Å². The quantitative estimate of drug-likeness (QED) is 0.917. The van der Waals surface area contributed by atoms with Gasteiger partial charge in [-0.3, -0.25) is 0 Å². The summed E-state index contributed by atoms with van der Waals surface area (Å²) in [7, 11) is 0. The van der Waals surface area contributed by atoms with Crippen LogP contribution in [0.1, 0.15) is 13.8 Å². The smallest absolute Gasteiger partial charge is 0.136 e. The molecule has 3 nitrogen and oxygen atoms in total. The molecule has 1 atom stereocenters. The van der Waals surface area contributed by atoms with Crippen LogP contribution in [0.3, 0.4) is 0 Å². The Morgan fingerprint density at radius 2 is 2.11 bits per heavy atom. The number of pyridine rings is 1. The predicted molar refractivity (Wildman–Crippen MR) is 85.5 cm³/mol. The summed E-state index contributed by atoms with van der Waals surface area (Å²) in [5.41, 5.74) is 5.74. The van der Waals surface area contributed by atoms with Gasteiger partial charge in [0.25, 0.3) is 0 Å². The molecule has 1 heterocycles. The van der Waals surface area contributed by atoms with Crippen LogP contribution >= 0.6 is 15.9 Å². The van der Waals surface area contributed by atoms with Crippen molar-refractivity contribution in [1.82, 2.24) is 4.98 Å². The van der Waals surface area contributed by atoms with E-state index in [0.717, 1.165) is 23.4 Å². The summed E-state index contributed by atoms with van der Waals surface area (Å²) in [4.78, 5) is 6.87. The van der Waals surface area contributed by atoms with Gasteiger partial charge in [0.05, 0.1) is 0 Å². The number of hydrogen-bond acceptors (Lipinski definition) is 3. The molecule has 4 heteroatoms. The van der Waals surface area contributed by atoms with Crippen LogP contribution in [-0.2, 0) is 0 Å². The van der Waals surface area contributed by atoms with Gasteiger partial charge in [-0.2, -0.15) is 0 Å². The molecule has 1 aromatic heterocycles. The first kappa shape index (κ1) is 14.3. The number of benzene rings is 1. The van der Waals surface area contributed by atoms with Gasteiger partial charge in [-0.15, -0.1) is 0 Å². The molecule has 0 aliphatic carbocycles. The van der Waals surface area contributed by atoms with Crippen molar-refractivity contribution in [2.45, 2.75) is 13.8 Å². The van der Waals surface area contributed by atoms with Crippen molar-refractivity contribution in [3.05, 3.63) is 34.9 Å². The third kappa shape index (κ3) is 3.07. The maximum Gasteiger partial charge on any atom is 0.136 e. The first-order valence-corrected chi connectivity index (χ1v) is 7.45. The molecule has 0 bridgehead atoms. The van der Waals surface area contributed by atoms with Crippen LogP contribution in [-0.4, -0.2) is 24.6 Å². The Kier molecular flexibility index (Phi) is 4.77. The average Bonchev–Trinajstić information content (AvgIpc) is 2.44. The molecule has 102 valence electrons. The normalized spacial score (nSPS) is 12.6. The Morgan fingerprint density at radius 1 is 1.32 bits per heavy atom. The molecule has 0 amide bonds. The number of fused-ring (bicyclic) bond motifs is 1.